The van der Waals surface area contributed by atoms with Crippen LogP contribution in [0, 0.1) is 13.8 Å². The molecule has 6 heteroatoms. The fraction of sp³-hybridized carbons (Fsp3) is 0.200. The largest absolute Gasteiger partial charge is 0.288 e. The summed E-state index contributed by atoms with van der Waals surface area (Å²) in [6.45, 7) is 3.87. The molecule has 0 saturated carbocycles. The number of benzene rings is 1. The Hall–Kier alpha value is -2.24. The molecule has 0 unspecified atom stereocenters. The minimum atomic E-state index is -0.237. The predicted octanol–water partition coefficient (Wildman–Crippen LogP) is 1.07. The molecule has 1 amide bonds. The van der Waals surface area contributed by atoms with Crippen molar-refractivity contribution in [1.29, 1.82) is 0 Å². The molecule has 2 rings (SSSR count). The fourth-order valence-corrected chi connectivity index (χ4v) is 1.45. The third-order valence-corrected chi connectivity index (χ3v) is 2.20. The van der Waals surface area contributed by atoms with E-state index in [2.05, 4.69) is 25.9 Å². The molecule has 0 aliphatic rings. The number of nitrogens with one attached hydrogen (secondary N) is 2. The van der Waals surface area contributed by atoms with E-state index >= 15 is 0 Å². The lowest BCUT2D eigenvalue weighted by molar-refractivity contribution is 0.102. The van der Waals surface area contributed by atoms with E-state index < -0.39 is 0 Å². The van der Waals surface area contributed by atoms with Crippen LogP contribution in [0.3, 0.4) is 0 Å². The summed E-state index contributed by atoms with van der Waals surface area (Å²) >= 11 is 0. The molecular formula is C10H11N5O. The number of aryl methyl sites for hydroxylation is 2. The van der Waals surface area contributed by atoms with Gasteiger partial charge in [-0.15, -0.1) is 5.10 Å². The second-order valence-corrected chi connectivity index (χ2v) is 3.51. The molecule has 1 aromatic heterocycles. The van der Waals surface area contributed by atoms with Crippen molar-refractivity contribution in [3.63, 3.8) is 0 Å². The zero-order chi connectivity index (χ0) is 11.5. The quantitative estimate of drug-likeness (QED) is 0.788. The zero-order valence-electron chi connectivity index (χ0n) is 8.98. The van der Waals surface area contributed by atoms with Crippen LogP contribution < -0.4 is 5.32 Å². The third-order valence-electron chi connectivity index (χ3n) is 2.20. The number of hydrogen-bond acceptors (Lipinski definition) is 4. The van der Waals surface area contributed by atoms with E-state index in [4.69, 9.17) is 0 Å². The number of rotatable bonds is 2. The Morgan fingerprint density at radius 2 is 2.19 bits per heavy atom. The minimum Gasteiger partial charge on any atom is -0.288 e. The Morgan fingerprint density at radius 3 is 2.81 bits per heavy atom. The van der Waals surface area contributed by atoms with Gasteiger partial charge in [0.05, 0.1) is 0 Å². The summed E-state index contributed by atoms with van der Waals surface area (Å²) in [6.07, 6.45) is 0. The Balaban J connectivity index is 2.21. The summed E-state index contributed by atoms with van der Waals surface area (Å²) in [5, 5.41) is 15.5. The summed E-state index contributed by atoms with van der Waals surface area (Å²) in [7, 11) is 0. The average Bonchev–Trinajstić information content (AvgIpc) is 2.70. The number of amides is 1. The number of hydrogen-bond donors (Lipinski definition) is 2. The smallest absolute Gasteiger partial charge is 0.270 e. The van der Waals surface area contributed by atoms with Crippen molar-refractivity contribution in [1.82, 2.24) is 20.6 Å². The lowest BCUT2D eigenvalue weighted by atomic mass is 10.1. The number of H-pyrrole nitrogens is 1. The highest BCUT2D eigenvalue weighted by atomic mass is 16.1. The van der Waals surface area contributed by atoms with Crippen molar-refractivity contribution in [2.75, 3.05) is 5.32 Å². The molecule has 1 aromatic carbocycles. The van der Waals surface area contributed by atoms with Crippen LogP contribution in [0.25, 0.3) is 0 Å². The fourth-order valence-electron chi connectivity index (χ4n) is 1.45. The number of anilines is 1. The summed E-state index contributed by atoms with van der Waals surface area (Å²) < 4.78 is 0. The molecule has 0 saturated heterocycles. The van der Waals surface area contributed by atoms with E-state index in [0.29, 0.717) is 5.56 Å². The standard InChI is InChI=1S/C10H11N5O/c1-6-3-4-8(7(2)5-6)9(16)11-10-12-14-15-13-10/h3-5H,1-2H3,(H2,11,12,13,14,15,16). The highest BCUT2D eigenvalue weighted by molar-refractivity contribution is 6.04. The summed E-state index contributed by atoms with van der Waals surface area (Å²) in [5.74, 6) is -0.0659. The Morgan fingerprint density at radius 1 is 1.38 bits per heavy atom. The van der Waals surface area contributed by atoms with Crippen LogP contribution in [-0.4, -0.2) is 26.5 Å². The van der Waals surface area contributed by atoms with Crippen LogP contribution in [0.1, 0.15) is 21.5 Å². The van der Waals surface area contributed by atoms with Gasteiger partial charge in [0.2, 0.25) is 0 Å². The van der Waals surface area contributed by atoms with E-state index in [1.807, 2.05) is 26.0 Å². The molecule has 0 fully saturated rings. The molecule has 16 heavy (non-hydrogen) atoms. The van der Waals surface area contributed by atoms with Crippen molar-refractivity contribution in [3.8, 4) is 0 Å². The van der Waals surface area contributed by atoms with Gasteiger partial charge in [-0.2, -0.15) is 5.21 Å². The van der Waals surface area contributed by atoms with E-state index in [1.54, 1.807) is 6.07 Å². The molecule has 6 nitrogen and oxygen atoms in total. The molecule has 0 radical (unpaired) electrons. The molecule has 0 aliphatic heterocycles. The number of carbonyl (C=O) groups excluding carboxylic acids is 1. The molecule has 1 heterocycles. The van der Waals surface area contributed by atoms with Crippen molar-refractivity contribution < 1.29 is 4.79 Å². The topological polar surface area (TPSA) is 83.6 Å². The van der Waals surface area contributed by atoms with Crippen LogP contribution in [-0.2, 0) is 0 Å². The van der Waals surface area contributed by atoms with Gasteiger partial charge in [-0.05, 0) is 30.7 Å². The monoisotopic (exact) mass is 217 g/mol. The SMILES string of the molecule is Cc1ccc(C(=O)Nc2nn[nH]n2)c(C)c1. The van der Waals surface area contributed by atoms with Crippen molar-refractivity contribution in [2.24, 2.45) is 0 Å². The second kappa shape index (κ2) is 4.09. The highest BCUT2D eigenvalue weighted by Crippen LogP contribution is 2.11. The maximum atomic E-state index is 11.8. The predicted molar refractivity (Wildman–Crippen MR) is 58.0 cm³/mol. The van der Waals surface area contributed by atoms with Crippen LogP contribution in [0.2, 0.25) is 0 Å². The van der Waals surface area contributed by atoms with Crippen molar-refractivity contribution >= 4 is 11.9 Å². The number of tetrazole rings is 1. The van der Waals surface area contributed by atoms with E-state index in [0.717, 1.165) is 11.1 Å². The molecule has 2 aromatic rings. The first-order chi connectivity index (χ1) is 7.66. The number of nitrogens with zero attached hydrogens (tertiary/aromatic N) is 3. The molecule has 0 spiro atoms. The summed E-state index contributed by atoms with van der Waals surface area (Å²) in [5.41, 5.74) is 2.64. The zero-order valence-corrected chi connectivity index (χ0v) is 8.98. The minimum absolute atomic E-state index is 0.171. The molecule has 0 bridgehead atoms. The lowest BCUT2D eigenvalue weighted by Crippen LogP contribution is -2.14. The van der Waals surface area contributed by atoms with Crippen molar-refractivity contribution in [3.05, 3.63) is 34.9 Å². The van der Waals surface area contributed by atoms with Gasteiger partial charge >= 0.3 is 0 Å². The van der Waals surface area contributed by atoms with Crippen molar-refractivity contribution in [2.45, 2.75) is 13.8 Å². The van der Waals surface area contributed by atoms with Gasteiger partial charge in [-0.1, -0.05) is 22.8 Å². The Kier molecular flexibility index (Phi) is 2.63. The van der Waals surface area contributed by atoms with Gasteiger partial charge in [0.1, 0.15) is 0 Å². The normalized spacial score (nSPS) is 10.1. The van der Waals surface area contributed by atoms with Gasteiger partial charge in [-0.25, -0.2) is 0 Å². The van der Waals surface area contributed by atoms with Gasteiger partial charge < -0.3 is 0 Å². The van der Waals surface area contributed by atoms with E-state index in [1.165, 1.54) is 0 Å². The second-order valence-electron chi connectivity index (χ2n) is 3.51. The van der Waals surface area contributed by atoms with Gasteiger partial charge in [0.25, 0.3) is 11.9 Å². The molecular weight excluding hydrogens is 206 g/mol. The Labute approximate surface area is 92.1 Å². The number of carbonyl (C=O) groups is 1. The Bertz CT molecular complexity index is 506. The van der Waals surface area contributed by atoms with Gasteiger partial charge in [0, 0.05) is 5.56 Å². The van der Waals surface area contributed by atoms with Gasteiger partial charge in [-0.3, -0.25) is 10.1 Å². The van der Waals surface area contributed by atoms with Crippen LogP contribution in [0.15, 0.2) is 18.2 Å². The molecule has 0 aliphatic carbocycles. The van der Waals surface area contributed by atoms with E-state index in [9.17, 15) is 4.79 Å². The highest BCUT2D eigenvalue weighted by Gasteiger charge is 2.10. The molecule has 2 N–H and O–H groups in total. The average molecular weight is 217 g/mol. The maximum absolute atomic E-state index is 11.8. The molecule has 0 atom stereocenters. The first kappa shape index (κ1) is 10.3. The number of aromatic nitrogens is 4. The number of aromatic amines is 1. The van der Waals surface area contributed by atoms with E-state index in [-0.39, 0.29) is 11.9 Å². The lowest BCUT2D eigenvalue weighted by Gasteiger charge is -2.05. The maximum Gasteiger partial charge on any atom is 0.270 e. The van der Waals surface area contributed by atoms with Crippen LogP contribution >= 0.6 is 0 Å². The summed E-state index contributed by atoms with van der Waals surface area (Å²) in [6, 6.07) is 5.61. The first-order valence-corrected chi connectivity index (χ1v) is 4.79. The van der Waals surface area contributed by atoms with Gasteiger partial charge in [0.15, 0.2) is 0 Å². The first-order valence-electron chi connectivity index (χ1n) is 4.79. The third kappa shape index (κ3) is 2.05. The van der Waals surface area contributed by atoms with Crippen LogP contribution in [0.5, 0.6) is 0 Å². The molecule has 82 valence electrons. The summed E-state index contributed by atoms with van der Waals surface area (Å²) in [4.78, 5) is 11.8. The van der Waals surface area contributed by atoms with Crippen LogP contribution in [0.4, 0.5) is 5.95 Å².